The first kappa shape index (κ1) is 20.3. The summed E-state index contributed by atoms with van der Waals surface area (Å²) in [4.78, 5) is 24.3. The molecule has 3 saturated carbocycles. The van der Waals surface area contributed by atoms with Gasteiger partial charge in [-0.05, 0) is 49.3 Å². The molecule has 3 aliphatic carbocycles. The van der Waals surface area contributed by atoms with E-state index in [4.69, 9.17) is 0 Å². The minimum atomic E-state index is -0.598. The van der Waals surface area contributed by atoms with Gasteiger partial charge in [0.2, 0.25) is 5.91 Å². The molecule has 3 atom stereocenters. The predicted octanol–water partition coefficient (Wildman–Crippen LogP) is 5.84. The van der Waals surface area contributed by atoms with Gasteiger partial charge in [-0.15, -0.1) is 0 Å². The van der Waals surface area contributed by atoms with Crippen molar-refractivity contribution in [2.45, 2.75) is 49.1 Å². The van der Waals surface area contributed by atoms with Gasteiger partial charge in [-0.3, -0.25) is 14.9 Å². The lowest BCUT2D eigenvalue weighted by Crippen LogP contribution is -2.71. The van der Waals surface area contributed by atoms with Crippen molar-refractivity contribution in [1.82, 2.24) is 0 Å². The van der Waals surface area contributed by atoms with Gasteiger partial charge in [0.1, 0.15) is 5.69 Å². The summed E-state index contributed by atoms with van der Waals surface area (Å²) in [6.45, 7) is 7.94. The van der Waals surface area contributed by atoms with Gasteiger partial charge in [0.15, 0.2) is 0 Å². The first-order valence-corrected chi connectivity index (χ1v) is 11.2. The van der Waals surface area contributed by atoms with E-state index in [9.17, 15) is 14.9 Å². The summed E-state index contributed by atoms with van der Waals surface area (Å²) < 4.78 is 0.0845. The highest BCUT2D eigenvalue weighted by Crippen LogP contribution is 2.82. The summed E-state index contributed by atoms with van der Waals surface area (Å²) >= 11 is 11.1. The van der Waals surface area contributed by atoms with Gasteiger partial charge in [-0.25, -0.2) is 0 Å². The van der Waals surface area contributed by atoms with Crippen molar-refractivity contribution < 1.29 is 9.72 Å². The molecule has 1 N–H and O–H groups in total. The number of nitrogens with zero attached hydrogens (tertiary/aromatic N) is 1. The van der Waals surface area contributed by atoms with Gasteiger partial charge < -0.3 is 5.32 Å². The zero-order chi connectivity index (χ0) is 19.7. The van der Waals surface area contributed by atoms with E-state index in [-0.39, 0.29) is 36.7 Å². The van der Waals surface area contributed by atoms with Crippen LogP contribution in [0, 0.1) is 40.2 Å². The number of fused-ring (bicyclic) bond motifs is 1. The van der Waals surface area contributed by atoms with E-state index in [2.05, 4.69) is 67.0 Å². The lowest BCUT2D eigenvalue weighted by Gasteiger charge is -2.66. The van der Waals surface area contributed by atoms with E-state index < -0.39 is 10.3 Å². The number of nitrogens with one attached hydrogen (secondary N) is 1. The topological polar surface area (TPSA) is 72.2 Å². The van der Waals surface area contributed by atoms with Crippen molar-refractivity contribution in [3.8, 4) is 0 Å². The number of nitro groups is 1. The van der Waals surface area contributed by atoms with Crippen LogP contribution in [0.2, 0.25) is 0 Å². The summed E-state index contributed by atoms with van der Waals surface area (Å²) in [6.07, 6.45) is 1.65. The van der Waals surface area contributed by atoms with Gasteiger partial charge in [-0.1, -0.05) is 61.6 Å². The number of benzene rings is 1. The Morgan fingerprint density at radius 1 is 1.27 bits per heavy atom. The highest BCUT2D eigenvalue weighted by molar-refractivity contribution is 9.24. The summed E-state index contributed by atoms with van der Waals surface area (Å²) in [5.74, 6) is -0.149. The molecule has 4 rings (SSSR count). The van der Waals surface area contributed by atoms with Crippen molar-refractivity contribution in [1.29, 1.82) is 0 Å². The number of hydrogen-bond donors (Lipinski definition) is 1. The lowest BCUT2D eigenvalue weighted by atomic mass is 9.43. The van der Waals surface area contributed by atoms with Crippen molar-refractivity contribution in [3.05, 3.63) is 33.4 Å². The largest absolute Gasteiger partial charge is 0.320 e. The van der Waals surface area contributed by atoms with Crippen LogP contribution in [0.4, 0.5) is 11.4 Å². The SMILES string of the molecule is Cc1cc(NC(=O)C23CCC(C(Br)Br)(C2Br)C3(C)C)c([N+](=O)[O-])cc1C. The first-order valence-electron chi connectivity index (χ1n) is 8.43. The lowest BCUT2D eigenvalue weighted by molar-refractivity contribution is -0.384. The van der Waals surface area contributed by atoms with E-state index in [0.29, 0.717) is 0 Å². The number of alkyl halides is 3. The molecule has 3 aliphatic rings. The van der Waals surface area contributed by atoms with Gasteiger partial charge in [0, 0.05) is 16.3 Å². The predicted molar refractivity (Wildman–Crippen MR) is 113 cm³/mol. The number of amides is 1. The maximum absolute atomic E-state index is 13.3. The Kier molecular flexibility index (Phi) is 4.89. The third-order valence-electron chi connectivity index (χ3n) is 6.95. The van der Waals surface area contributed by atoms with E-state index in [1.807, 2.05) is 13.8 Å². The van der Waals surface area contributed by atoms with Crippen molar-refractivity contribution in [3.63, 3.8) is 0 Å². The van der Waals surface area contributed by atoms with Crippen molar-refractivity contribution in [2.75, 3.05) is 5.32 Å². The summed E-state index contributed by atoms with van der Waals surface area (Å²) in [5, 5.41) is 14.3. The number of hydrogen-bond acceptors (Lipinski definition) is 3. The zero-order valence-corrected chi connectivity index (χ0v) is 19.8. The number of halogens is 3. The Bertz CT molecular complexity index is 811. The Balaban J connectivity index is 1.98. The molecule has 0 spiro atoms. The molecule has 0 heterocycles. The van der Waals surface area contributed by atoms with Gasteiger partial charge >= 0.3 is 0 Å². The van der Waals surface area contributed by atoms with Crippen molar-refractivity contribution in [2.24, 2.45) is 16.2 Å². The standard InChI is InChI=1S/C18H21Br3N2O3/c1-9-7-11(12(23(25)26)8-10(9)2)22-15(24)18-6-5-17(13(18)19,14(20)21)16(18,3)4/h7-8,13-14H,5-6H2,1-4H3,(H,22,24). The molecule has 3 unspecified atom stereocenters. The zero-order valence-electron chi connectivity index (χ0n) is 15.0. The average molecular weight is 553 g/mol. The van der Waals surface area contributed by atoms with Crippen LogP contribution in [0.1, 0.15) is 37.8 Å². The molecule has 142 valence electrons. The van der Waals surface area contributed by atoms with Crippen LogP contribution in [0.3, 0.4) is 0 Å². The second-order valence-corrected chi connectivity index (χ2v) is 11.9. The molecule has 3 fully saturated rings. The molecule has 5 nitrogen and oxygen atoms in total. The number of nitro benzene ring substituents is 1. The Morgan fingerprint density at radius 3 is 2.31 bits per heavy atom. The molecule has 0 aromatic heterocycles. The van der Waals surface area contributed by atoms with Crippen LogP contribution >= 0.6 is 47.8 Å². The average Bonchev–Trinajstić information content (AvgIpc) is 3.00. The summed E-state index contributed by atoms with van der Waals surface area (Å²) in [6, 6.07) is 3.21. The maximum atomic E-state index is 13.3. The molecule has 1 amide bonds. The second-order valence-electron chi connectivity index (χ2n) is 7.96. The van der Waals surface area contributed by atoms with E-state index >= 15 is 0 Å². The molecule has 0 saturated heterocycles. The van der Waals surface area contributed by atoms with Gasteiger partial charge in [0.05, 0.1) is 14.1 Å². The smallest absolute Gasteiger partial charge is 0.293 e. The van der Waals surface area contributed by atoms with Crippen LogP contribution in [0.5, 0.6) is 0 Å². The second kappa shape index (κ2) is 6.27. The molecule has 8 heteroatoms. The number of carbonyl (C=O) groups excluding carboxylic acids is 1. The molecule has 0 aliphatic heterocycles. The Labute approximate surface area is 178 Å². The first-order chi connectivity index (χ1) is 11.9. The van der Waals surface area contributed by atoms with E-state index in [0.717, 1.165) is 24.0 Å². The Morgan fingerprint density at radius 2 is 1.85 bits per heavy atom. The van der Waals surface area contributed by atoms with Crippen LogP contribution in [0.15, 0.2) is 12.1 Å². The fourth-order valence-electron chi connectivity index (χ4n) is 4.98. The highest BCUT2D eigenvalue weighted by Gasteiger charge is 2.83. The number of aryl methyl sites for hydroxylation is 2. The van der Waals surface area contributed by atoms with Gasteiger partial charge in [-0.2, -0.15) is 0 Å². The third-order valence-corrected chi connectivity index (χ3v) is 10.2. The van der Waals surface area contributed by atoms with Gasteiger partial charge in [0.25, 0.3) is 5.69 Å². The molecule has 0 radical (unpaired) electrons. The molecule has 26 heavy (non-hydrogen) atoms. The number of carbonyl (C=O) groups is 1. The molecule has 2 bridgehead atoms. The fourth-order valence-corrected chi connectivity index (χ4v) is 9.90. The highest BCUT2D eigenvalue weighted by atomic mass is 79.9. The summed E-state index contributed by atoms with van der Waals surface area (Å²) in [5.41, 5.74) is 1.00. The monoisotopic (exact) mass is 550 g/mol. The normalized spacial score (nSPS) is 31.6. The minimum absolute atomic E-state index is 0.00754. The maximum Gasteiger partial charge on any atom is 0.293 e. The quantitative estimate of drug-likeness (QED) is 0.290. The van der Waals surface area contributed by atoms with E-state index in [1.165, 1.54) is 6.07 Å². The number of rotatable bonds is 4. The minimum Gasteiger partial charge on any atom is -0.320 e. The van der Waals surface area contributed by atoms with Crippen LogP contribution in [-0.4, -0.2) is 19.4 Å². The number of anilines is 1. The molecular weight excluding hydrogens is 532 g/mol. The van der Waals surface area contributed by atoms with E-state index in [1.54, 1.807) is 6.07 Å². The summed E-state index contributed by atoms with van der Waals surface area (Å²) in [7, 11) is 0. The molecular formula is C18H21Br3N2O3. The van der Waals surface area contributed by atoms with Crippen LogP contribution in [-0.2, 0) is 4.79 Å². The van der Waals surface area contributed by atoms with Crippen LogP contribution < -0.4 is 5.32 Å². The van der Waals surface area contributed by atoms with Crippen molar-refractivity contribution >= 4 is 65.1 Å². The van der Waals surface area contributed by atoms with Crippen LogP contribution in [0.25, 0.3) is 0 Å². The third kappa shape index (κ3) is 2.27. The molecule has 1 aromatic carbocycles. The molecule has 1 aromatic rings. The Hall–Kier alpha value is -0.470. The fraction of sp³-hybridized carbons (Fsp3) is 0.611.